The van der Waals surface area contributed by atoms with Gasteiger partial charge in [0.05, 0.1) is 0 Å². The molecule has 0 saturated carbocycles. The lowest BCUT2D eigenvalue weighted by molar-refractivity contribution is 0.170. The first kappa shape index (κ1) is 13.6. The predicted octanol–water partition coefficient (Wildman–Crippen LogP) is 3.09. The SMILES string of the molecule is CC1CN(c2ccc(F)cc2CCl)CC(C)N1C. The molecule has 0 aromatic heterocycles. The molecule has 2 atom stereocenters. The van der Waals surface area contributed by atoms with E-state index in [2.05, 4.69) is 30.7 Å². The Balaban J connectivity index is 2.26. The number of benzene rings is 1. The van der Waals surface area contributed by atoms with Crippen LogP contribution in [0.5, 0.6) is 0 Å². The van der Waals surface area contributed by atoms with Crippen LogP contribution in [0.25, 0.3) is 0 Å². The maximum atomic E-state index is 13.2. The van der Waals surface area contributed by atoms with Crippen LogP contribution >= 0.6 is 11.6 Å². The van der Waals surface area contributed by atoms with Crippen molar-refractivity contribution in [1.29, 1.82) is 0 Å². The molecule has 1 heterocycles. The van der Waals surface area contributed by atoms with Gasteiger partial charge in [0.1, 0.15) is 5.82 Å². The molecule has 0 bridgehead atoms. The molecule has 0 amide bonds. The predicted molar refractivity (Wildman–Crippen MR) is 74.9 cm³/mol. The number of nitrogens with zero attached hydrogens (tertiary/aromatic N) is 2. The van der Waals surface area contributed by atoms with Crippen LogP contribution in [0.1, 0.15) is 19.4 Å². The molecule has 0 N–H and O–H groups in total. The van der Waals surface area contributed by atoms with Gasteiger partial charge in [0.15, 0.2) is 0 Å². The number of halogens is 2. The van der Waals surface area contributed by atoms with E-state index < -0.39 is 0 Å². The number of piperazine rings is 1. The molecule has 100 valence electrons. The molecule has 2 unspecified atom stereocenters. The maximum absolute atomic E-state index is 13.2. The van der Waals surface area contributed by atoms with Crippen LogP contribution in [-0.2, 0) is 5.88 Å². The smallest absolute Gasteiger partial charge is 0.123 e. The Labute approximate surface area is 113 Å². The van der Waals surface area contributed by atoms with Crippen molar-refractivity contribution >= 4 is 17.3 Å². The Morgan fingerprint density at radius 3 is 2.44 bits per heavy atom. The third-order valence-electron chi connectivity index (χ3n) is 3.89. The summed E-state index contributed by atoms with van der Waals surface area (Å²) in [5.74, 6) is 0.131. The van der Waals surface area contributed by atoms with Crippen molar-refractivity contribution in [3.8, 4) is 0 Å². The average molecular weight is 271 g/mol. The lowest BCUT2D eigenvalue weighted by Crippen LogP contribution is -2.55. The van der Waals surface area contributed by atoms with Crippen LogP contribution in [0.15, 0.2) is 18.2 Å². The molecule has 0 aliphatic carbocycles. The van der Waals surface area contributed by atoms with E-state index in [0.717, 1.165) is 24.3 Å². The van der Waals surface area contributed by atoms with E-state index in [0.29, 0.717) is 18.0 Å². The zero-order valence-electron chi connectivity index (χ0n) is 11.2. The van der Waals surface area contributed by atoms with Crippen molar-refractivity contribution in [2.75, 3.05) is 25.0 Å². The van der Waals surface area contributed by atoms with Gasteiger partial charge in [-0.1, -0.05) is 0 Å². The minimum absolute atomic E-state index is 0.218. The third-order valence-corrected chi connectivity index (χ3v) is 4.17. The molecule has 2 nitrogen and oxygen atoms in total. The van der Waals surface area contributed by atoms with Crippen LogP contribution in [0.3, 0.4) is 0 Å². The van der Waals surface area contributed by atoms with Gasteiger partial charge in [-0.05, 0) is 44.7 Å². The molecule has 18 heavy (non-hydrogen) atoms. The first-order valence-corrected chi connectivity index (χ1v) is 6.87. The maximum Gasteiger partial charge on any atom is 0.123 e. The molecule has 4 heteroatoms. The van der Waals surface area contributed by atoms with E-state index in [1.165, 1.54) is 12.1 Å². The zero-order valence-corrected chi connectivity index (χ0v) is 11.9. The van der Waals surface area contributed by atoms with E-state index in [1.807, 2.05) is 6.07 Å². The molecule has 1 aliphatic rings. The van der Waals surface area contributed by atoms with Crippen LogP contribution < -0.4 is 4.90 Å². The summed E-state index contributed by atoms with van der Waals surface area (Å²) < 4.78 is 13.2. The normalized spacial score (nSPS) is 25.5. The number of hydrogen-bond donors (Lipinski definition) is 0. The van der Waals surface area contributed by atoms with Crippen LogP contribution in [0.2, 0.25) is 0 Å². The number of anilines is 1. The van der Waals surface area contributed by atoms with Crippen molar-refractivity contribution in [3.63, 3.8) is 0 Å². The van der Waals surface area contributed by atoms with Gasteiger partial charge in [-0.15, -0.1) is 11.6 Å². The highest BCUT2D eigenvalue weighted by Crippen LogP contribution is 2.27. The molecule has 2 rings (SSSR count). The minimum atomic E-state index is -0.218. The summed E-state index contributed by atoms with van der Waals surface area (Å²) in [6.45, 7) is 6.34. The highest BCUT2D eigenvalue weighted by Gasteiger charge is 2.27. The van der Waals surface area contributed by atoms with Crippen molar-refractivity contribution in [1.82, 2.24) is 4.90 Å². The summed E-state index contributed by atoms with van der Waals surface area (Å²) >= 11 is 5.92. The van der Waals surface area contributed by atoms with Gasteiger partial charge in [0.25, 0.3) is 0 Å². The first-order chi connectivity index (χ1) is 8.52. The van der Waals surface area contributed by atoms with Gasteiger partial charge < -0.3 is 4.90 Å². The van der Waals surface area contributed by atoms with Crippen LogP contribution in [0.4, 0.5) is 10.1 Å². The Bertz CT molecular complexity index is 412. The summed E-state index contributed by atoms with van der Waals surface area (Å²) in [7, 11) is 2.15. The molecule has 0 spiro atoms. The van der Waals surface area contributed by atoms with Crippen molar-refractivity contribution in [2.45, 2.75) is 31.8 Å². The second-order valence-corrected chi connectivity index (χ2v) is 5.44. The van der Waals surface area contributed by atoms with E-state index in [1.54, 1.807) is 0 Å². The standard InChI is InChI=1S/C14H20ClFN2/c1-10-8-18(9-11(2)17(10)3)14-5-4-13(16)6-12(14)7-15/h4-6,10-11H,7-9H2,1-3H3. The lowest BCUT2D eigenvalue weighted by Gasteiger charge is -2.44. The minimum Gasteiger partial charge on any atom is -0.368 e. The fourth-order valence-electron chi connectivity index (χ4n) is 2.57. The van der Waals surface area contributed by atoms with Crippen molar-refractivity contribution in [2.24, 2.45) is 0 Å². The molecule has 1 fully saturated rings. The summed E-state index contributed by atoms with van der Waals surface area (Å²) in [4.78, 5) is 4.69. The van der Waals surface area contributed by atoms with Gasteiger partial charge in [-0.2, -0.15) is 0 Å². The fourth-order valence-corrected chi connectivity index (χ4v) is 2.78. The number of rotatable bonds is 2. The monoisotopic (exact) mass is 270 g/mol. The lowest BCUT2D eigenvalue weighted by atomic mass is 10.1. The number of hydrogen-bond acceptors (Lipinski definition) is 2. The third kappa shape index (κ3) is 2.62. The molecule has 0 radical (unpaired) electrons. The van der Waals surface area contributed by atoms with Crippen molar-refractivity contribution < 1.29 is 4.39 Å². The fraction of sp³-hybridized carbons (Fsp3) is 0.571. The number of likely N-dealkylation sites (N-methyl/N-ethyl adjacent to an activating group) is 1. The quantitative estimate of drug-likeness (QED) is 0.762. The van der Waals surface area contributed by atoms with E-state index in [9.17, 15) is 4.39 Å². The molecular weight excluding hydrogens is 251 g/mol. The van der Waals surface area contributed by atoms with Crippen molar-refractivity contribution in [3.05, 3.63) is 29.6 Å². The van der Waals surface area contributed by atoms with E-state index in [4.69, 9.17) is 11.6 Å². The molecular formula is C14H20ClFN2. The molecule has 1 aromatic carbocycles. The van der Waals surface area contributed by atoms with E-state index in [-0.39, 0.29) is 5.82 Å². The van der Waals surface area contributed by atoms with Gasteiger partial charge in [-0.25, -0.2) is 4.39 Å². The topological polar surface area (TPSA) is 6.48 Å². The average Bonchev–Trinajstić information content (AvgIpc) is 2.35. The summed E-state index contributed by atoms with van der Waals surface area (Å²) in [6.07, 6.45) is 0. The Kier molecular flexibility index (Phi) is 4.13. The summed E-state index contributed by atoms with van der Waals surface area (Å²) in [6, 6.07) is 5.87. The first-order valence-electron chi connectivity index (χ1n) is 6.34. The summed E-state index contributed by atoms with van der Waals surface area (Å²) in [5.41, 5.74) is 1.94. The van der Waals surface area contributed by atoms with Crippen LogP contribution in [-0.4, -0.2) is 37.1 Å². The Morgan fingerprint density at radius 2 is 1.89 bits per heavy atom. The zero-order chi connectivity index (χ0) is 13.3. The highest BCUT2D eigenvalue weighted by atomic mass is 35.5. The van der Waals surface area contributed by atoms with Gasteiger partial charge in [0, 0.05) is 36.7 Å². The molecule has 1 aromatic rings. The highest BCUT2D eigenvalue weighted by molar-refractivity contribution is 6.17. The summed E-state index contributed by atoms with van der Waals surface area (Å²) in [5, 5.41) is 0. The van der Waals surface area contributed by atoms with Gasteiger partial charge >= 0.3 is 0 Å². The largest absolute Gasteiger partial charge is 0.368 e. The van der Waals surface area contributed by atoms with Crippen LogP contribution in [0, 0.1) is 5.82 Å². The molecule has 1 saturated heterocycles. The second-order valence-electron chi connectivity index (χ2n) is 5.18. The van der Waals surface area contributed by atoms with Gasteiger partial charge in [0.2, 0.25) is 0 Å². The Morgan fingerprint density at radius 1 is 1.28 bits per heavy atom. The number of alkyl halides is 1. The Hall–Kier alpha value is -0.800. The molecule has 1 aliphatic heterocycles. The second kappa shape index (κ2) is 5.45. The van der Waals surface area contributed by atoms with E-state index >= 15 is 0 Å². The van der Waals surface area contributed by atoms with Gasteiger partial charge in [-0.3, -0.25) is 4.90 Å².